The SMILES string of the molecule is [CH2]CC1(C(=O)OC)C=NN=N1. The summed E-state index contributed by atoms with van der Waals surface area (Å²) in [6, 6.07) is 0. The van der Waals surface area contributed by atoms with Gasteiger partial charge in [0, 0.05) is 0 Å². The lowest BCUT2D eigenvalue weighted by molar-refractivity contribution is -0.144. The molecule has 1 rings (SSSR count). The molecule has 59 valence electrons. The summed E-state index contributed by atoms with van der Waals surface area (Å²) in [7, 11) is 1.29. The topological polar surface area (TPSA) is 63.4 Å². The Morgan fingerprint density at radius 1 is 1.82 bits per heavy atom. The highest BCUT2D eigenvalue weighted by molar-refractivity contribution is 6.00. The van der Waals surface area contributed by atoms with E-state index in [1.165, 1.54) is 13.3 Å². The zero-order valence-electron chi connectivity index (χ0n) is 6.15. The van der Waals surface area contributed by atoms with Crippen molar-refractivity contribution in [2.45, 2.75) is 12.0 Å². The molecule has 0 aromatic carbocycles. The van der Waals surface area contributed by atoms with Crippen LogP contribution >= 0.6 is 0 Å². The molecule has 11 heavy (non-hydrogen) atoms. The second-order valence-corrected chi connectivity index (χ2v) is 2.10. The van der Waals surface area contributed by atoms with E-state index in [-0.39, 0.29) is 6.42 Å². The summed E-state index contributed by atoms with van der Waals surface area (Å²) in [6.07, 6.45) is 1.61. The van der Waals surface area contributed by atoms with Gasteiger partial charge in [0.25, 0.3) is 0 Å². The highest BCUT2D eigenvalue weighted by Crippen LogP contribution is 2.19. The van der Waals surface area contributed by atoms with E-state index in [0.717, 1.165) is 0 Å². The fourth-order valence-corrected chi connectivity index (χ4v) is 0.740. The van der Waals surface area contributed by atoms with E-state index in [1.54, 1.807) is 0 Å². The minimum Gasteiger partial charge on any atom is -0.467 e. The lowest BCUT2D eigenvalue weighted by atomic mass is 10.00. The van der Waals surface area contributed by atoms with Gasteiger partial charge in [0.05, 0.1) is 13.3 Å². The molecule has 5 nitrogen and oxygen atoms in total. The predicted octanol–water partition coefficient (Wildman–Crippen LogP) is 0.574. The molecule has 0 fully saturated rings. The van der Waals surface area contributed by atoms with E-state index in [1.807, 2.05) is 0 Å². The van der Waals surface area contributed by atoms with E-state index in [4.69, 9.17) is 0 Å². The van der Waals surface area contributed by atoms with Crippen molar-refractivity contribution >= 4 is 12.2 Å². The van der Waals surface area contributed by atoms with E-state index in [0.29, 0.717) is 0 Å². The van der Waals surface area contributed by atoms with Crippen LogP contribution in [0.15, 0.2) is 15.4 Å². The van der Waals surface area contributed by atoms with Gasteiger partial charge in [-0.1, -0.05) is 0 Å². The van der Waals surface area contributed by atoms with Gasteiger partial charge in [-0.05, 0) is 18.6 Å². The first kappa shape index (κ1) is 7.84. The average molecular weight is 154 g/mol. The van der Waals surface area contributed by atoms with Crippen molar-refractivity contribution in [3.8, 4) is 0 Å². The van der Waals surface area contributed by atoms with Crippen molar-refractivity contribution in [2.75, 3.05) is 7.11 Å². The molecular weight excluding hydrogens is 146 g/mol. The summed E-state index contributed by atoms with van der Waals surface area (Å²) >= 11 is 0. The summed E-state index contributed by atoms with van der Waals surface area (Å²) in [5.74, 6) is -0.475. The number of carbonyl (C=O) groups excluding carboxylic acids is 1. The summed E-state index contributed by atoms with van der Waals surface area (Å²) in [6.45, 7) is 3.56. The van der Waals surface area contributed by atoms with Crippen LogP contribution in [0.3, 0.4) is 0 Å². The van der Waals surface area contributed by atoms with Crippen LogP contribution in [0.4, 0.5) is 0 Å². The number of methoxy groups -OCH3 is 1. The Balaban J connectivity index is 2.85. The van der Waals surface area contributed by atoms with Gasteiger partial charge in [-0.25, -0.2) is 4.79 Å². The predicted molar refractivity (Wildman–Crippen MR) is 38.1 cm³/mol. The van der Waals surface area contributed by atoms with Crippen LogP contribution in [-0.2, 0) is 9.53 Å². The minimum absolute atomic E-state index is 0.271. The maximum absolute atomic E-state index is 11.1. The summed E-state index contributed by atoms with van der Waals surface area (Å²) in [4.78, 5) is 11.1. The first-order valence-electron chi connectivity index (χ1n) is 3.09. The van der Waals surface area contributed by atoms with Crippen LogP contribution in [0.1, 0.15) is 6.42 Å². The molecule has 1 aliphatic rings. The zero-order valence-corrected chi connectivity index (χ0v) is 6.15. The van der Waals surface area contributed by atoms with E-state index < -0.39 is 11.5 Å². The van der Waals surface area contributed by atoms with Gasteiger partial charge in [0.1, 0.15) is 0 Å². The molecule has 1 aliphatic heterocycles. The number of carbonyl (C=O) groups is 1. The van der Waals surface area contributed by atoms with Crippen molar-refractivity contribution < 1.29 is 9.53 Å². The van der Waals surface area contributed by atoms with Crippen LogP contribution < -0.4 is 0 Å². The number of hydrogen-bond donors (Lipinski definition) is 0. The van der Waals surface area contributed by atoms with Gasteiger partial charge in [0.15, 0.2) is 0 Å². The molecule has 0 spiro atoms. The number of rotatable bonds is 2. The Kier molecular flexibility index (Phi) is 1.98. The van der Waals surface area contributed by atoms with Crippen LogP contribution in [0, 0.1) is 6.92 Å². The van der Waals surface area contributed by atoms with Gasteiger partial charge >= 0.3 is 5.97 Å². The lowest BCUT2D eigenvalue weighted by Gasteiger charge is -2.14. The maximum Gasteiger partial charge on any atom is 0.341 e. The third-order valence-electron chi connectivity index (χ3n) is 1.47. The molecule has 0 N–H and O–H groups in total. The lowest BCUT2D eigenvalue weighted by Crippen LogP contribution is -2.37. The molecule has 1 unspecified atom stereocenters. The molecule has 0 aromatic heterocycles. The van der Waals surface area contributed by atoms with Gasteiger partial charge in [-0.2, -0.15) is 0 Å². The van der Waals surface area contributed by atoms with Crippen molar-refractivity contribution in [1.82, 2.24) is 0 Å². The van der Waals surface area contributed by atoms with Crippen molar-refractivity contribution in [2.24, 2.45) is 15.4 Å². The third kappa shape index (κ3) is 1.13. The molecule has 0 bridgehead atoms. The Morgan fingerprint density at radius 2 is 2.55 bits per heavy atom. The van der Waals surface area contributed by atoms with Crippen molar-refractivity contribution in [3.05, 3.63) is 6.92 Å². The summed E-state index contributed by atoms with van der Waals surface area (Å²) in [5.41, 5.74) is -1.06. The van der Waals surface area contributed by atoms with Gasteiger partial charge < -0.3 is 4.74 Å². The maximum atomic E-state index is 11.1. The Labute approximate surface area is 64.1 Å². The summed E-state index contributed by atoms with van der Waals surface area (Å²) < 4.78 is 4.50. The third-order valence-corrected chi connectivity index (χ3v) is 1.47. The van der Waals surface area contributed by atoms with Crippen molar-refractivity contribution in [1.29, 1.82) is 0 Å². The van der Waals surface area contributed by atoms with Crippen LogP contribution in [0.5, 0.6) is 0 Å². The minimum atomic E-state index is -1.06. The Morgan fingerprint density at radius 3 is 2.91 bits per heavy atom. The monoisotopic (exact) mass is 154 g/mol. The molecule has 0 amide bonds. The quantitative estimate of drug-likeness (QED) is 0.546. The molecule has 1 heterocycles. The fourth-order valence-electron chi connectivity index (χ4n) is 0.740. The van der Waals surface area contributed by atoms with E-state index in [9.17, 15) is 4.79 Å². The number of hydrogen-bond acceptors (Lipinski definition) is 5. The summed E-state index contributed by atoms with van der Waals surface area (Å²) in [5, 5.41) is 10.4. The number of ether oxygens (including phenoxy) is 1. The van der Waals surface area contributed by atoms with E-state index >= 15 is 0 Å². The first-order valence-corrected chi connectivity index (χ1v) is 3.09. The molecule has 0 aromatic rings. The molecule has 0 saturated carbocycles. The van der Waals surface area contributed by atoms with Gasteiger partial charge in [-0.15, -0.1) is 10.2 Å². The average Bonchev–Trinajstić information content (AvgIpc) is 2.52. The first-order chi connectivity index (χ1) is 5.25. The standard InChI is InChI=1S/C6H8N3O2/c1-3-6(5(10)11-2)4-7-9-8-6/h4H,1,3H2,2H3. The molecular formula is C6H8N3O2. The highest BCUT2D eigenvalue weighted by atomic mass is 16.5. The van der Waals surface area contributed by atoms with E-state index in [2.05, 4.69) is 27.1 Å². The fraction of sp³-hybridized carbons (Fsp3) is 0.500. The number of nitrogens with zero attached hydrogens (tertiary/aromatic N) is 3. The smallest absolute Gasteiger partial charge is 0.341 e. The number of esters is 1. The second-order valence-electron chi connectivity index (χ2n) is 2.10. The van der Waals surface area contributed by atoms with Crippen molar-refractivity contribution in [3.63, 3.8) is 0 Å². The molecule has 1 radical (unpaired) electrons. The molecule has 1 atom stereocenters. The van der Waals surface area contributed by atoms with Gasteiger partial charge in [0.2, 0.25) is 5.54 Å². The molecule has 0 aliphatic carbocycles. The van der Waals surface area contributed by atoms with Crippen LogP contribution in [0.25, 0.3) is 0 Å². The Bertz CT molecular complexity index is 210. The second kappa shape index (κ2) is 2.77. The molecule has 0 saturated heterocycles. The van der Waals surface area contributed by atoms with Crippen LogP contribution in [0.2, 0.25) is 0 Å². The highest BCUT2D eigenvalue weighted by Gasteiger charge is 2.39. The zero-order chi connectivity index (χ0) is 8.32. The van der Waals surface area contributed by atoms with Crippen LogP contribution in [-0.4, -0.2) is 24.8 Å². The normalized spacial score (nSPS) is 27.5. The largest absolute Gasteiger partial charge is 0.467 e. The molecule has 5 heteroatoms. The van der Waals surface area contributed by atoms with Gasteiger partial charge in [-0.3, -0.25) is 0 Å². The Hall–Kier alpha value is -1.26.